The van der Waals surface area contributed by atoms with Gasteiger partial charge in [-0.2, -0.15) is 0 Å². The zero-order valence-corrected chi connectivity index (χ0v) is 14.2. The van der Waals surface area contributed by atoms with Gasteiger partial charge in [-0.05, 0) is 76.4 Å². The first-order valence-electron chi connectivity index (χ1n) is 6.12. The molecule has 3 aromatic rings. The Kier molecular flexibility index (Phi) is 3.77. The smallest absolute Gasteiger partial charge is 0.178 e. The Morgan fingerprint density at radius 1 is 1.37 bits per heavy atom. The van der Waals surface area contributed by atoms with Gasteiger partial charge < -0.3 is 9.55 Å². The summed E-state index contributed by atoms with van der Waals surface area (Å²) in [6.07, 6.45) is 1.08. The van der Waals surface area contributed by atoms with E-state index >= 15 is 0 Å². The Morgan fingerprint density at radius 3 is 3.00 bits per heavy atom. The molecule has 1 aromatic carbocycles. The molecule has 0 fully saturated rings. The minimum Gasteiger partial charge on any atom is -0.331 e. The molecule has 0 unspecified atom stereocenters. The normalized spacial score (nSPS) is 11.3. The molecule has 98 valence electrons. The maximum absolute atomic E-state index is 5.46. The van der Waals surface area contributed by atoms with E-state index in [-0.39, 0.29) is 0 Å². The van der Waals surface area contributed by atoms with Crippen LogP contribution >= 0.6 is 46.1 Å². The van der Waals surface area contributed by atoms with Gasteiger partial charge in [-0.15, -0.1) is 11.3 Å². The van der Waals surface area contributed by atoms with E-state index in [1.54, 1.807) is 0 Å². The summed E-state index contributed by atoms with van der Waals surface area (Å²) >= 11 is 9.59. The fourth-order valence-electron chi connectivity index (χ4n) is 2.26. The predicted molar refractivity (Wildman–Crippen MR) is 92.6 cm³/mol. The number of thiophene rings is 1. The Labute approximate surface area is 134 Å². The van der Waals surface area contributed by atoms with E-state index in [0.29, 0.717) is 0 Å². The van der Waals surface area contributed by atoms with Crippen molar-refractivity contribution in [1.29, 1.82) is 0 Å². The first-order chi connectivity index (χ1) is 9.19. The second-order valence-electron chi connectivity index (χ2n) is 4.40. The third-order valence-electron chi connectivity index (χ3n) is 3.26. The molecule has 0 spiro atoms. The molecule has 0 atom stereocenters. The number of benzene rings is 1. The van der Waals surface area contributed by atoms with Crippen LogP contribution in [0, 0.1) is 8.34 Å². The van der Waals surface area contributed by atoms with Crippen LogP contribution in [0.15, 0.2) is 29.6 Å². The molecule has 19 heavy (non-hydrogen) atoms. The number of aryl methyl sites for hydroxylation is 1. The van der Waals surface area contributed by atoms with Crippen LogP contribution in [0.25, 0.3) is 11.0 Å². The first-order valence-corrected chi connectivity index (χ1v) is 8.49. The minimum absolute atomic E-state index is 0.799. The molecule has 3 rings (SSSR count). The molecule has 0 radical (unpaired) electrons. The molecule has 5 heteroatoms. The highest BCUT2D eigenvalue weighted by molar-refractivity contribution is 14.1. The van der Waals surface area contributed by atoms with Crippen molar-refractivity contribution in [2.24, 2.45) is 0 Å². The molecule has 0 saturated heterocycles. The van der Waals surface area contributed by atoms with Crippen LogP contribution in [-0.4, -0.2) is 9.55 Å². The van der Waals surface area contributed by atoms with Crippen molar-refractivity contribution < 1.29 is 0 Å². The average molecular weight is 400 g/mol. The maximum atomic E-state index is 5.46. The number of halogens is 1. The quantitative estimate of drug-likeness (QED) is 0.486. The van der Waals surface area contributed by atoms with Gasteiger partial charge in [-0.1, -0.05) is 6.92 Å². The van der Waals surface area contributed by atoms with E-state index in [4.69, 9.17) is 12.2 Å². The summed E-state index contributed by atoms with van der Waals surface area (Å²) < 4.78 is 4.21. The molecule has 2 aromatic heterocycles. The van der Waals surface area contributed by atoms with Crippen molar-refractivity contribution in [3.63, 3.8) is 0 Å². The lowest BCUT2D eigenvalue weighted by Crippen LogP contribution is -1.99. The van der Waals surface area contributed by atoms with Crippen LogP contribution < -0.4 is 0 Å². The van der Waals surface area contributed by atoms with Gasteiger partial charge in [0.2, 0.25) is 0 Å². The summed E-state index contributed by atoms with van der Waals surface area (Å²) in [6, 6.07) is 8.61. The van der Waals surface area contributed by atoms with Gasteiger partial charge in [0.1, 0.15) is 0 Å². The number of rotatable bonds is 3. The summed E-state index contributed by atoms with van der Waals surface area (Å²) in [6.45, 7) is 3.06. The van der Waals surface area contributed by atoms with Gasteiger partial charge in [0.05, 0.1) is 17.6 Å². The number of aromatic nitrogens is 2. The van der Waals surface area contributed by atoms with Crippen LogP contribution in [-0.2, 0) is 13.0 Å². The number of fused-ring (bicyclic) bond motifs is 1. The monoisotopic (exact) mass is 400 g/mol. The van der Waals surface area contributed by atoms with Crippen LogP contribution in [0.4, 0.5) is 0 Å². The number of nitrogens with zero attached hydrogens (tertiary/aromatic N) is 1. The Balaban J connectivity index is 2.10. The van der Waals surface area contributed by atoms with Gasteiger partial charge >= 0.3 is 0 Å². The van der Waals surface area contributed by atoms with Gasteiger partial charge in [-0.3, -0.25) is 0 Å². The zero-order chi connectivity index (χ0) is 13.4. The lowest BCUT2D eigenvalue weighted by Gasteiger charge is -2.05. The summed E-state index contributed by atoms with van der Waals surface area (Å²) in [7, 11) is 0. The van der Waals surface area contributed by atoms with Crippen molar-refractivity contribution in [3.8, 4) is 0 Å². The van der Waals surface area contributed by atoms with Crippen molar-refractivity contribution in [3.05, 3.63) is 48.4 Å². The molecule has 0 bridgehead atoms. The standard InChI is InChI=1S/C14H13IN2S2/c1-2-9-5-6-19-13(9)8-17-12-4-3-10(15)7-11(12)16-14(17)18/h3-7H,2,8H2,1H3,(H,16,18). The van der Waals surface area contributed by atoms with Gasteiger partial charge in [0.15, 0.2) is 4.77 Å². The molecule has 1 N–H and O–H groups in total. The molecule has 0 aliphatic heterocycles. The highest BCUT2D eigenvalue weighted by Gasteiger charge is 2.08. The number of hydrogen-bond donors (Lipinski definition) is 1. The van der Waals surface area contributed by atoms with Crippen molar-refractivity contribution >= 4 is 57.2 Å². The van der Waals surface area contributed by atoms with Crippen LogP contribution in [0.2, 0.25) is 0 Å². The Bertz CT molecular complexity index is 782. The lowest BCUT2D eigenvalue weighted by atomic mass is 10.2. The first kappa shape index (κ1) is 13.3. The van der Waals surface area contributed by atoms with E-state index in [2.05, 4.69) is 68.7 Å². The van der Waals surface area contributed by atoms with Crippen molar-refractivity contribution in [2.45, 2.75) is 19.9 Å². The van der Waals surface area contributed by atoms with E-state index in [1.165, 1.54) is 19.5 Å². The molecule has 2 heterocycles. The van der Waals surface area contributed by atoms with Crippen LogP contribution in [0.1, 0.15) is 17.4 Å². The van der Waals surface area contributed by atoms with Crippen molar-refractivity contribution in [1.82, 2.24) is 9.55 Å². The summed E-state index contributed by atoms with van der Waals surface area (Å²) in [5, 5.41) is 2.16. The topological polar surface area (TPSA) is 20.7 Å². The van der Waals surface area contributed by atoms with Gasteiger partial charge in [-0.25, -0.2) is 0 Å². The average Bonchev–Trinajstić information content (AvgIpc) is 2.95. The third-order valence-corrected chi connectivity index (χ3v) is 5.20. The molecular formula is C14H13IN2S2. The summed E-state index contributed by atoms with van der Waals surface area (Å²) in [5.41, 5.74) is 3.72. The second kappa shape index (κ2) is 5.38. The number of nitrogens with one attached hydrogen (secondary N) is 1. The molecule has 2 nitrogen and oxygen atoms in total. The second-order valence-corrected chi connectivity index (χ2v) is 7.03. The Morgan fingerprint density at radius 2 is 2.21 bits per heavy atom. The third kappa shape index (κ3) is 2.51. The predicted octanol–water partition coefficient (Wildman–Crippen LogP) is 4.98. The molecule has 0 aliphatic rings. The van der Waals surface area contributed by atoms with Crippen LogP contribution in [0.5, 0.6) is 0 Å². The SMILES string of the molecule is CCc1ccsc1Cn1c(=S)[nH]c2cc(I)ccc21. The van der Waals surface area contributed by atoms with E-state index in [0.717, 1.165) is 23.3 Å². The molecule has 0 aliphatic carbocycles. The number of aromatic amines is 1. The minimum atomic E-state index is 0.799. The lowest BCUT2D eigenvalue weighted by molar-refractivity contribution is 0.814. The fraction of sp³-hybridized carbons (Fsp3) is 0.214. The van der Waals surface area contributed by atoms with E-state index < -0.39 is 0 Å². The number of imidazole rings is 1. The fourth-order valence-corrected chi connectivity index (χ4v) is 3.99. The molecule has 0 amide bonds. The highest BCUT2D eigenvalue weighted by atomic mass is 127. The number of H-pyrrole nitrogens is 1. The van der Waals surface area contributed by atoms with Gasteiger partial charge in [0.25, 0.3) is 0 Å². The summed E-state index contributed by atoms with van der Waals surface area (Å²) in [4.78, 5) is 4.70. The number of hydrogen-bond acceptors (Lipinski definition) is 2. The van der Waals surface area contributed by atoms with Crippen LogP contribution in [0.3, 0.4) is 0 Å². The van der Waals surface area contributed by atoms with Gasteiger partial charge in [0, 0.05) is 8.45 Å². The largest absolute Gasteiger partial charge is 0.331 e. The molecular weight excluding hydrogens is 387 g/mol. The molecule has 0 saturated carbocycles. The van der Waals surface area contributed by atoms with Crippen molar-refractivity contribution in [2.75, 3.05) is 0 Å². The summed E-state index contributed by atoms with van der Waals surface area (Å²) in [5.74, 6) is 0. The zero-order valence-electron chi connectivity index (χ0n) is 10.4. The van der Waals surface area contributed by atoms with E-state index in [9.17, 15) is 0 Å². The maximum Gasteiger partial charge on any atom is 0.178 e. The van der Waals surface area contributed by atoms with E-state index in [1.807, 2.05) is 11.3 Å². The Hall–Kier alpha value is -0.660. The highest BCUT2D eigenvalue weighted by Crippen LogP contribution is 2.23.